The number of carbonyl (C=O) groups excluding carboxylic acids is 2. The van der Waals surface area contributed by atoms with E-state index in [1.54, 1.807) is 0 Å². The number of likely N-dealkylation sites (N-methyl/N-ethyl adjacent to an activating group) is 1. The molecule has 0 aromatic heterocycles. The zero-order valence-corrected chi connectivity index (χ0v) is 52.3. The van der Waals surface area contributed by atoms with Crippen molar-refractivity contribution in [1.29, 1.82) is 0 Å². The third-order valence-electron chi connectivity index (χ3n) is 13.9. The first-order valence-electron chi connectivity index (χ1n) is 32.3. The Morgan fingerprint density at radius 1 is 0.410 bits per heavy atom. The largest absolute Gasteiger partial charge is 0.472 e. The van der Waals surface area contributed by atoms with Crippen LogP contribution in [0.25, 0.3) is 0 Å². The Kier molecular flexibility index (Phi) is 56.7. The summed E-state index contributed by atoms with van der Waals surface area (Å²) in [7, 11) is 1.48. The van der Waals surface area contributed by atoms with Crippen LogP contribution in [-0.4, -0.2) is 74.9 Å². The van der Waals surface area contributed by atoms with Crippen molar-refractivity contribution >= 4 is 19.8 Å². The van der Waals surface area contributed by atoms with Crippen molar-refractivity contribution in [2.45, 2.75) is 290 Å². The molecule has 78 heavy (non-hydrogen) atoms. The lowest BCUT2D eigenvalue weighted by molar-refractivity contribution is -0.870. The van der Waals surface area contributed by atoms with Crippen molar-refractivity contribution in [2.24, 2.45) is 0 Å². The first-order chi connectivity index (χ1) is 38.0. The second-order valence-electron chi connectivity index (χ2n) is 22.8. The molecule has 0 saturated carbocycles. The Morgan fingerprint density at radius 3 is 1.10 bits per heavy atom. The fourth-order valence-corrected chi connectivity index (χ4v) is 9.70. The van der Waals surface area contributed by atoms with Crippen molar-refractivity contribution in [1.82, 2.24) is 0 Å². The Morgan fingerprint density at radius 2 is 0.731 bits per heavy atom. The quantitative estimate of drug-likeness (QED) is 0.0211. The van der Waals surface area contributed by atoms with Gasteiger partial charge in [-0.3, -0.25) is 18.6 Å². The van der Waals surface area contributed by atoms with Gasteiger partial charge in [-0.1, -0.05) is 266 Å². The molecule has 0 spiro atoms. The van der Waals surface area contributed by atoms with Crippen LogP contribution in [0.3, 0.4) is 0 Å². The average molecular weight is 1110 g/mol. The maximum atomic E-state index is 12.8. The molecule has 0 aromatic carbocycles. The molecule has 1 N–H and O–H groups in total. The minimum atomic E-state index is -4.39. The van der Waals surface area contributed by atoms with Crippen LogP contribution in [0.5, 0.6) is 0 Å². The molecule has 0 aromatic rings. The lowest BCUT2D eigenvalue weighted by Gasteiger charge is -2.24. The van der Waals surface area contributed by atoms with Gasteiger partial charge in [-0.2, -0.15) is 0 Å². The van der Waals surface area contributed by atoms with E-state index in [9.17, 15) is 19.0 Å². The first kappa shape index (κ1) is 75.2. The molecule has 10 heteroatoms. The van der Waals surface area contributed by atoms with Crippen LogP contribution in [0, 0.1) is 0 Å². The summed E-state index contributed by atoms with van der Waals surface area (Å²) in [6.45, 7) is 4.34. The van der Waals surface area contributed by atoms with Gasteiger partial charge in [0.1, 0.15) is 19.8 Å². The van der Waals surface area contributed by atoms with Gasteiger partial charge in [-0.25, -0.2) is 4.57 Å². The van der Waals surface area contributed by atoms with Gasteiger partial charge >= 0.3 is 19.8 Å². The van der Waals surface area contributed by atoms with Gasteiger partial charge in [0.05, 0.1) is 27.7 Å². The van der Waals surface area contributed by atoms with Crippen LogP contribution < -0.4 is 0 Å². The Balaban J connectivity index is 4.05. The van der Waals surface area contributed by atoms with Crippen LogP contribution in [0.4, 0.5) is 0 Å². The highest BCUT2D eigenvalue weighted by atomic mass is 31.2. The topological polar surface area (TPSA) is 108 Å². The van der Waals surface area contributed by atoms with E-state index in [0.717, 1.165) is 70.6 Å². The summed E-state index contributed by atoms with van der Waals surface area (Å²) < 4.78 is 34.6. The number of esters is 2. The Bertz CT molecular complexity index is 1590. The van der Waals surface area contributed by atoms with Crippen LogP contribution >= 0.6 is 7.82 Å². The second kappa shape index (κ2) is 58.8. The number of hydrogen-bond acceptors (Lipinski definition) is 7. The third kappa shape index (κ3) is 62.4. The molecule has 9 nitrogen and oxygen atoms in total. The van der Waals surface area contributed by atoms with E-state index < -0.39 is 26.5 Å². The minimum Gasteiger partial charge on any atom is -0.462 e. The Labute approximate surface area is 481 Å². The van der Waals surface area contributed by atoms with Crippen LogP contribution in [-0.2, 0) is 32.7 Å². The number of nitrogens with zero attached hydrogens (tertiary/aromatic N) is 1. The highest BCUT2D eigenvalue weighted by molar-refractivity contribution is 7.47. The number of hydrogen-bond donors (Lipinski definition) is 1. The number of rotatable bonds is 59. The molecule has 0 rings (SSSR count). The molecule has 0 aliphatic carbocycles. The van der Waals surface area contributed by atoms with E-state index in [1.807, 2.05) is 21.1 Å². The van der Waals surface area contributed by atoms with Crippen molar-refractivity contribution < 1.29 is 42.1 Å². The van der Waals surface area contributed by atoms with Crippen molar-refractivity contribution in [3.8, 4) is 0 Å². The van der Waals surface area contributed by atoms with Gasteiger partial charge in [0, 0.05) is 12.8 Å². The number of carbonyl (C=O) groups is 2. The summed E-state index contributed by atoms with van der Waals surface area (Å²) >= 11 is 0. The number of phosphoric ester groups is 1. The van der Waals surface area contributed by atoms with Gasteiger partial charge < -0.3 is 18.9 Å². The summed E-state index contributed by atoms with van der Waals surface area (Å²) in [6.07, 6.45) is 79.5. The summed E-state index contributed by atoms with van der Waals surface area (Å²) in [5.74, 6) is -0.792. The van der Waals surface area contributed by atoms with Crippen molar-refractivity contribution in [3.63, 3.8) is 0 Å². The highest BCUT2D eigenvalue weighted by Gasteiger charge is 2.27. The molecule has 0 fully saturated rings. The predicted octanol–water partition coefficient (Wildman–Crippen LogP) is 20.6. The zero-order valence-electron chi connectivity index (χ0n) is 51.4. The second-order valence-corrected chi connectivity index (χ2v) is 24.2. The fourth-order valence-electron chi connectivity index (χ4n) is 8.96. The summed E-state index contributed by atoms with van der Waals surface area (Å²) in [6, 6.07) is 0. The van der Waals surface area contributed by atoms with Gasteiger partial charge in [0.25, 0.3) is 0 Å². The van der Waals surface area contributed by atoms with Crippen LogP contribution in [0.15, 0.2) is 85.1 Å². The highest BCUT2D eigenvalue weighted by Crippen LogP contribution is 2.43. The van der Waals surface area contributed by atoms with Gasteiger partial charge in [-0.15, -0.1) is 0 Å². The van der Waals surface area contributed by atoms with Gasteiger partial charge in [-0.05, 0) is 89.9 Å². The summed E-state index contributed by atoms with van der Waals surface area (Å²) in [4.78, 5) is 35.8. The molecule has 0 amide bonds. The third-order valence-corrected chi connectivity index (χ3v) is 14.9. The lowest BCUT2D eigenvalue weighted by Crippen LogP contribution is -2.37. The maximum Gasteiger partial charge on any atom is 0.472 e. The number of unbranched alkanes of at least 4 members (excludes halogenated alkanes) is 31. The van der Waals surface area contributed by atoms with E-state index in [0.29, 0.717) is 17.4 Å². The van der Waals surface area contributed by atoms with Crippen molar-refractivity contribution in [2.75, 3.05) is 47.5 Å². The van der Waals surface area contributed by atoms with E-state index >= 15 is 0 Å². The smallest absolute Gasteiger partial charge is 0.462 e. The van der Waals surface area contributed by atoms with E-state index in [4.69, 9.17) is 18.5 Å². The first-order valence-corrected chi connectivity index (χ1v) is 33.8. The molecule has 0 heterocycles. The predicted molar refractivity (Wildman–Crippen MR) is 335 cm³/mol. The number of allylic oxidation sites excluding steroid dienone is 14. The number of quaternary nitrogens is 1. The number of ether oxygens (including phenoxy) is 2. The molecule has 2 unspecified atom stereocenters. The van der Waals surface area contributed by atoms with E-state index in [2.05, 4.69) is 98.9 Å². The SMILES string of the molecule is CC/C=C\C/C=C\C/C=C\C/C=C\C/C=C\C/C=C\CCCCCCCCCCCCCCCCCCC(=O)OC(COC(=O)CCCCCCCCCCC/C=C\CCCCCCCC)COP(=O)(O)OCC[N+](C)(C)C. The Hall–Kier alpha value is -2.81. The van der Waals surface area contributed by atoms with Gasteiger partial charge in [0.2, 0.25) is 0 Å². The molecule has 0 radical (unpaired) electrons. The fraction of sp³-hybridized carbons (Fsp3) is 0.765. The molecule has 0 bridgehead atoms. The molecule has 452 valence electrons. The summed E-state index contributed by atoms with van der Waals surface area (Å²) in [5, 5.41) is 0. The van der Waals surface area contributed by atoms with Gasteiger partial charge in [0.15, 0.2) is 6.10 Å². The van der Waals surface area contributed by atoms with Crippen LogP contribution in [0.1, 0.15) is 284 Å². The molecular weight excluding hydrogens is 990 g/mol. The molecule has 0 aliphatic rings. The molecule has 2 atom stereocenters. The minimum absolute atomic E-state index is 0.0302. The van der Waals surface area contributed by atoms with E-state index in [1.165, 1.54) is 180 Å². The summed E-state index contributed by atoms with van der Waals surface area (Å²) in [5.41, 5.74) is 0. The van der Waals surface area contributed by atoms with Crippen LogP contribution in [0.2, 0.25) is 0 Å². The van der Waals surface area contributed by atoms with E-state index in [-0.39, 0.29) is 32.0 Å². The molecule has 0 aliphatic heterocycles. The molecule has 0 saturated heterocycles. The standard InChI is InChI=1S/C68H122NO8P/c1-6-8-10-12-14-16-18-20-22-24-26-27-28-29-30-31-32-33-34-35-36-37-38-39-40-41-43-45-47-49-51-53-55-57-59-61-68(71)77-66(65-76-78(72,73)75-63-62-69(3,4)5)64-74-67(70)60-58-56-54-52-50-48-46-44-42-25-23-21-19-17-15-13-11-9-7-2/h8,10,14,16,20-23,26-27,29-30,32-33,66H,6-7,9,11-13,15,17-19,24-25,28,31,34-65H2,1-5H3/p+1/b10-8-,16-14-,22-20-,23-21-,27-26-,30-29-,33-32-. The van der Waals surface area contributed by atoms with Crippen molar-refractivity contribution in [3.05, 3.63) is 85.1 Å². The monoisotopic (exact) mass is 1110 g/mol. The average Bonchev–Trinajstić information content (AvgIpc) is 3.41. The molecular formula is C68H123NO8P+. The normalized spacial score (nSPS) is 13.8. The maximum absolute atomic E-state index is 12.8. The lowest BCUT2D eigenvalue weighted by atomic mass is 10.0. The zero-order chi connectivity index (χ0) is 57.0. The number of phosphoric acid groups is 1.